The molecule has 1 rings (SSSR count). The summed E-state index contributed by atoms with van der Waals surface area (Å²) in [5, 5.41) is 3.32. The highest BCUT2D eigenvalue weighted by molar-refractivity contribution is 9.10. The number of hydrogen-bond donors (Lipinski definition) is 1. The zero-order chi connectivity index (χ0) is 14.3. The third-order valence-corrected chi connectivity index (χ3v) is 3.05. The predicted molar refractivity (Wildman–Crippen MR) is 76.5 cm³/mol. The van der Waals surface area contributed by atoms with Crippen molar-refractivity contribution in [3.63, 3.8) is 0 Å². The van der Waals surface area contributed by atoms with E-state index in [1.165, 1.54) is 6.07 Å². The largest absolute Gasteiger partial charge is 0.490 e. The van der Waals surface area contributed by atoms with E-state index in [1.807, 2.05) is 0 Å². The Bertz CT molecular complexity index is 399. The van der Waals surface area contributed by atoms with Crippen molar-refractivity contribution in [1.82, 2.24) is 5.32 Å². The van der Waals surface area contributed by atoms with Gasteiger partial charge in [0.15, 0.2) is 11.6 Å². The Morgan fingerprint density at radius 1 is 1.21 bits per heavy atom. The van der Waals surface area contributed by atoms with Crippen LogP contribution in [-0.4, -0.2) is 19.2 Å². The molecule has 0 spiro atoms. The molecule has 0 aliphatic carbocycles. The SMILES string of the molecule is CC(C)NCCCCCOc1cc(Br)cc(F)c1F. The molecule has 0 aliphatic heterocycles. The van der Waals surface area contributed by atoms with Crippen molar-refractivity contribution in [2.75, 3.05) is 13.2 Å². The fourth-order valence-electron chi connectivity index (χ4n) is 1.61. The van der Waals surface area contributed by atoms with E-state index in [4.69, 9.17) is 4.74 Å². The molecule has 0 heterocycles. The minimum atomic E-state index is -0.926. The molecule has 0 saturated heterocycles. The molecule has 0 aliphatic rings. The van der Waals surface area contributed by atoms with Crippen molar-refractivity contribution in [2.24, 2.45) is 0 Å². The van der Waals surface area contributed by atoms with Gasteiger partial charge >= 0.3 is 0 Å². The lowest BCUT2D eigenvalue weighted by atomic mass is 10.2. The standard InChI is InChI=1S/C14H20BrF2NO/c1-10(2)18-6-4-3-5-7-19-13-9-11(15)8-12(16)14(13)17/h8-10,18H,3-7H2,1-2H3. The van der Waals surface area contributed by atoms with Crippen molar-refractivity contribution in [3.05, 3.63) is 28.2 Å². The maximum absolute atomic E-state index is 13.4. The van der Waals surface area contributed by atoms with Crippen LogP contribution in [0, 0.1) is 11.6 Å². The molecule has 1 aromatic carbocycles. The highest BCUT2D eigenvalue weighted by atomic mass is 79.9. The number of hydrogen-bond acceptors (Lipinski definition) is 2. The minimum absolute atomic E-state index is 0.0350. The van der Waals surface area contributed by atoms with Crippen LogP contribution in [0.25, 0.3) is 0 Å². The monoisotopic (exact) mass is 335 g/mol. The van der Waals surface area contributed by atoms with E-state index in [9.17, 15) is 8.78 Å². The molecular weight excluding hydrogens is 316 g/mol. The smallest absolute Gasteiger partial charge is 0.200 e. The van der Waals surface area contributed by atoms with E-state index in [0.29, 0.717) is 17.1 Å². The fraction of sp³-hybridized carbons (Fsp3) is 0.571. The molecule has 1 aromatic rings. The lowest BCUT2D eigenvalue weighted by Crippen LogP contribution is -2.23. The van der Waals surface area contributed by atoms with Crippen LogP contribution in [0.5, 0.6) is 5.75 Å². The van der Waals surface area contributed by atoms with Crippen molar-refractivity contribution in [2.45, 2.75) is 39.2 Å². The number of ether oxygens (including phenoxy) is 1. The Labute approximate surface area is 121 Å². The molecule has 2 nitrogen and oxygen atoms in total. The zero-order valence-corrected chi connectivity index (χ0v) is 12.9. The summed E-state index contributed by atoms with van der Waals surface area (Å²) < 4.78 is 32.2. The first-order chi connectivity index (χ1) is 9.00. The number of nitrogens with one attached hydrogen (secondary N) is 1. The van der Waals surface area contributed by atoms with Crippen LogP contribution < -0.4 is 10.1 Å². The van der Waals surface area contributed by atoms with Gasteiger partial charge in [-0.25, -0.2) is 4.39 Å². The van der Waals surface area contributed by atoms with Crippen molar-refractivity contribution in [1.29, 1.82) is 0 Å². The third kappa shape index (κ3) is 6.34. The molecule has 0 amide bonds. The molecule has 0 bridgehead atoms. The van der Waals surface area contributed by atoms with Crippen molar-refractivity contribution >= 4 is 15.9 Å². The summed E-state index contributed by atoms with van der Waals surface area (Å²) in [5.74, 6) is -1.86. The highest BCUT2D eigenvalue weighted by Gasteiger charge is 2.10. The van der Waals surface area contributed by atoms with Gasteiger partial charge in [0, 0.05) is 10.5 Å². The molecule has 108 valence electrons. The van der Waals surface area contributed by atoms with Gasteiger partial charge in [0.2, 0.25) is 5.82 Å². The fourth-order valence-corrected chi connectivity index (χ4v) is 2.02. The second-order valence-corrected chi connectivity index (χ2v) is 5.63. The molecule has 0 fully saturated rings. The van der Waals surface area contributed by atoms with E-state index in [1.54, 1.807) is 0 Å². The maximum Gasteiger partial charge on any atom is 0.200 e. The lowest BCUT2D eigenvalue weighted by Gasteiger charge is -2.09. The van der Waals surface area contributed by atoms with Crippen LogP contribution in [0.2, 0.25) is 0 Å². The van der Waals surface area contributed by atoms with E-state index in [2.05, 4.69) is 35.1 Å². The van der Waals surface area contributed by atoms with Gasteiger partial charge in [0.25, 0.3) is 0 Å². The first-order valence-corrected chi connectivity index (χ1v) is 7.30. The molecule has 0 aromatic heterocycles. The number of rotatable bonds is 8. The summed E-state index contributed by atoms with van der Waals surface area (Å²) in [4.78, 5) is 0. The van der Waals surface area contributed by atoms with Gasteiger partial charge in [-0.05, 0) is 37.9 Å². The van der Waals surface area contributed by atoms with Gasteiger partial charge in [-0.15, -0.1) is 0 Å². The summed E-state index contributed by atoms with van der Waals surface area (Å²) in [6.07, 6.45) is 2.88. The lowest BCUT2D eigenvalue weighted by molar-refractivity contribution is 0.284. The third-order valence-electron chi connectivity index (χ3n) is 2.59. The average Bonchev–Trinajstić information content (AvgIpc) is 2.33. The second-order valence-electron chi connectivity index (χ2n) is 4.72. The minimum Gasteiger partial charge on any atom is -0.490 e. The zero-order valence-electron chi connectivity index (χ0n) is 11.3. The predicted octanol–water partition coefficient (Wildman–Crippen LogP) is 4.27. The Morgan fingerprint density at radius 3 is 2.63 bits per heavy atom. The van der Waals surface area contributed by atoms with Gasteiger partial charge in [0.1, 0.15) is 0 Å². The number of halogens is 3. The molecule has 0 unspecified atom stereocenters. The Balaban J connectivity index is 2.23. The second kappa shape index (κ2) is 8.48. The molecule has 19 heavy (non-hydrogen) atoms. The van der Waals surface area contributed by atoms with Crippen LogP contribution in [0.15, 0.2) is 16.6 Å². The van der Waals surface area contributed by atoms with Crippen LogP contribution in [-0.2, 0) is 0 Å². The van der Waals surface area contributed by atoms with Crippen LogP contribution in [0.3, 0.4) is 0 Å². The first-order valence-electron chi connectivity index (χ1n) is 6.51. The first kappa shape index (κ1) is 16.4. The maximum atomic E-state index is 13.4. The average molecular weight is 336 g/mol. The van der Waals surface area contributed by atoms with Gasteiger partial charge < -0.3 is 10.1 Å². The molecule has 0 radical (unpaired) electrons. The molecule has 5 heteroatoms. The van der Waals surface area contributed by atoms with E-state index in [-0.39, 0.29) is 5.75 Å². The van der Waals surface area contributed by atoms with Gasteiger partial charge in [0.05, 0.1) is 6.61 Å². The van der Waals surface area contributed by atoms with E-state index >= 15 is 0 Å². The summed E-state index contributed by atoms with van der Waals surface area (Å²) in [6, 6.07) is 3.02. The summed E-state index contributed by atoms with van der Waals surface area (Å²) in [6.45, 7) is 5.58. The van der Waals surface area contributed by atoms with Gasteiger partial charge in [-0.1, -0.05) is 29.8 Å². The molecular formula is C14H20BrF2NO. The Kier molecular flexibility index (Phi) is 7.31. The van der Waals surface area contributed by atoms with Crippen LogP contribution in [0.1, 0.15) is 33.1 Å². The van der Waals surface area contributed by atoms with Crippen LogP contribution in [0.4, 0.5) is 8.78 Å². The summed E-state index contributed by atoms with van der Waals surface area (Å²) >= 11 is 3.11. The highest BCUT2D eigenvalue weighted by Crippen LogP contribution is 2.25. The molecule has 1 N–H and O–H groups in total. The topological polar surface area (TPSA) is 21.3 Å². The van der Waals surface area contributed by atoms with Gasteiger partial charge in [-0.2, -0.15) is 4.39 Å². The van der Waals surface area contributed by atoms with Crippen molar-refractivity contribution < 1.29 is 13.5 Å². The quantitative estimate of drug-likeness (QED) is 0.565. The Morgan fingerprint density at radius 2 is 1.95 bits per heavy atom. The van der Waals surface area contributed by atoms with E-state index < -0.39 is 11.6 Å². The summed E-state index contributed by atoms with van der Waals surface area (Å²) in [7, 11) is 0. The number of unbranched alkanes of at least 4 members (excludes halogenated alkanes) is 2. The molecule has 0 atom stereocenters. The van der Waals surface area contributed by atoms with Crippen LogP contribution >= 0.6 is 15.9 Å². The number of benzene rings is 1. The van der Waals surface area contributed by atoms with E-state index in [0.717, 1.165) is 31.9 Å². The Hall–Kier alpha value is -0.680. The van der Waals surface area contributed by atoms with Gasteiger partial charge in [-0.3, -0.25) is 0 Å². The van der Waals surface area contributed by atoms with Crippen molar-refractivity contribution in [3.8, 4) is 5.75 Å². The normalized spacial score (nSPS) is 11.1. The molecule has 0 saturated carbocycles. The summed E-state index contributed by atoms with van der Waals surface area (Å²) in [5.41, 5.74) is 0.